The zero-order chi connectivity index (χ0) is 37.7. The van der Waals surface area contributed by atoms with E-state index >= 15 is 0 Å². The average molecular weight is 896 g/mol. The molecule has 3 heterocycles. The van der Waals surface area contributed by atoms with Crippen molar-refractivity contribution in [2.24, 2.45) is 16.7 Å². The molecule has 2 aromatic carbocycles. The Morgan fingerprint density at radius 2 is 1.58 bits per heavy atom. The third kappa shape index (κ3) is 9.61. The van der Waals surface area contributed by atoms with Crippen LogP contribution in [-0.4, -0.2) is 15.9 Å². The second kappa shape index (κ2) is 17.7. The van der Waals surface area contributed by atoms with Crippen LogP contribution < -0.4 is 4.57 Å². The topological polar surface area (TPSA) is 54.1 Å². The van der Waals surface area contributed by atoms with Crippen LogP contribution in [-0.2, 0) is 36.7 Å². The standard InChI is InChI=1S/C31H31N2S.C15H28O2.Ir/c1-20(2)15-24-19-28-30(34-24)26(11-13-32-28)22-12-14-33(6)29(18-22)23-16-21-9-7-8-10-25(21)27(17-23)31(3,4)5;1-7-14(5,8-2)12(16)11-13(17)15(6,9-3)10-4;/h7-14,17-20H,6,15H2,1-5H3;11,16H,7-10H2,1-6H3;/q-1;;/b;12-11-;. The zero-order valence-corrected chi connectivity index (χ0v) is 36.5. The number of benzene rings is 2. The Labute approximate surface area is 331 Å². The van der Waals surface area contributed by atoms with Gasteiger partial charge in [0.25, 0.3) is 0 Å². The van der Waals surface area contributed by atoms with E-state index in [0.717, 1.165) is 54.3 Å². The fourth-order valence-corrected chi connectivity index (χ4v) is 7.68. The summed E-state index contributed by atoms with van der Waals surface area (Å²) in [6, 6.07) is 23.3. The summed E-state index contributed by atoms with van der Waals surface area (Å²) in [6.45, 7) is 23.4. The average Bonchev–Trinajstić information content (AvgIpc) is 3.52. The molecule has 0 spiro atoms. The van der Waals surface area contributed by atoms with Gasteiger partial charge >= 0.3 is 0 Å². The van der Waals surface area contributed by atoms with E-state index < -0.39 is 0 Å². The van der Waals surface area contributed by atoms with Gasteiger partial charge in [0.05, 0.1) is 16.4 Å². The maximum atomic E-state index is 12.2. The van der Waals surface area contributed by atoms with E-state index in [0.29, 0.717) is 5.92 Å². The van der Waals surface area contributed by atoms with E-state index in [1.807, 2.05) is 63.6 Å². The predicted molar refractivity (Wildman–Crippen MR) is 218 cm³/mol. The molecule has 0 aliphatic rings. The summed E-state index contributed by atoms with van der Waals surface area (Å²) >= 11 is 1.87. The van der Waals surface area contributed by atoms with Crippen molar-refractivity contribution in [2.45, 2.75) is 114 Å². The number of aliphatic hydroxyl groups is 1. The normalized spacial score (nSPS) is 12.5. The van der Waals surface area contributed by atoms with Crippen LogP contribution in [0.4, 0.5) is 0 Å². The summed E-state index contributed by atoms with van der Waals surface area (Å²) in [6.07, 6.45) is 9.82. The number of allylic oxidation sites excluding steroid dienone is 2. The Kier molecular flexibility index (Phi) is 14.6. The van der Waals surface area contributed by atoms with Crippen LogP contribution in [0.5, 0.6) is 0 Å². The minimum atomic E-state index is -0.337. The Morgan fingerprint density at radius 1 is 0.942 bits per heavy atom. The van der Waals surface area contributed by atoms with Gasteiger partial charge in [-0.25, -0.2) is 0 Å². The SMILES string of the molecule is CCC(C)(CC)C(=O)/C=C(\O)C(C)(CC)CC.[CH2-][n+]1ccc(-c2ccnc3cc(CC(C)C)sc23)cc1-c1[c-]c2ccccc2c(C(C)(C)C)c1.[Ir]. The van der Waals surface area contributed by atoms with Crippen molar-refractivity contribution in [3.05, 3.63) is 102 Å². The molecule has 0 atom stereocenters. The first-order valence-electron chi connectivity index (χ1n) is 18.7. The van der Waals surface area contributed by atoms with Crippen LogP contribution >= 0.6 is 11.3 Å². The van der Waals surface area contributed by atoms with Crippen molar-refractivity contribution in [1.82, 2.24) is 4.98 Å². The fourth-order valence-electron chi connectivity index (χ4n) is 6.32. The third-order valence-electron chi connectivity index (χ3n) is 10.9. The molecule has 0 aliphatic carbocycles. The van der Waals surface area contributed by atoms with Crippen LogP contribution in [0.25, 0.3) is 43.4 Å². The number of hydrogen-bond acceptors (Lipinski definition) is 4. The van der Waals surface area contributed by atoms with Gasteiger partial charge in [-0.2, -0.15) is 0 Å². The Balaban J connectivity index is 0.000000347. The first-order chi connectivity index (χ1) is 24.0. The van der Waals surface area contributed by atoms with Crippen molar-refractivity contribution >= 4 is 38.1 Å². The van der Waals surface area contributed by atoms with Gasteiger partial charge < -0.3 is 9.67 Å². The van der Waals surface area contributed by atoms with E-state index in [-0.39, 0.29) is 47.9 Å². The molecule has 1 N–H and O–H groups in total. The quantitative estimate of drug-likeness (QED) is 0.0622. The van der Waals surface area contributed by atoms with Crippen LogP contribution in [0.15, 0.2) is 78.8 Å². The number of pyridine rings is 2. The molecule has 0 saturated heterocycles. The number of aromatic nitrogens is 2. The van der Waals surface area contributed by atoms with Gasteiger partial charge in [0.2, 0.25) is 0 Å². The maximum Gasteiger partial charge on any atom is 0.164 e. The van der Waals surface area contributed by atoms with Crippen molar-refractivity contribution in [2.75, 3.05) is 0 Å². The maximum absolute atomic E-state index is 12.2. The summed E-state index contributed by atoms with van der Waals surface area (Å²) in [7, 11) is 4.29. The molecule has 0 fully saturated rings. The number of carbonyl (C=O) groups is 1. The molecule has 0 aliphatic heterocycles. The number of carbonyl (C=O) groups excluding carboxylic acids is 1. The third-order valence-corrected chi connectivity index (χ3v) is 12.1. The Morgan fingerprint density at radius 3 is 2.17 bits per heavy atom. The molecule has 5 rings (SSSR count). The Bertz CT molecular complexity index is 2010. The van der Waals surface area contributed by atoms with E-state index in [1.54, 1.807) is 0 Å². The van der Waals surface area contributed by atoms with Gasteiger partial charge in [0, 0.05) is 60.7 Å². The largest absolute Gasteiger partial charge is 0.512 e. The first kappa shape index (κ1) is 43.1. The van der Waals surface area contributed by atoms with Crippen LogP contribution in [0.3, 0.4) is 0 Å². The van der Waals surface area contributed by atoms with E-state index in [2.05, 4.69) is 114 Å². The smallest absolute Gasteiger partial charge is 0.164 e. The molecule has 3 aromatic heterocycles. The van der Waals surface area contributed by atoms with Crippen LogP contribution in [0.2, 0.25) is 0 Å². The molecule has 1 radical (unpaired) electrons. The molecular formula is C46H59IrN2O2S-. The summed E-state index contributed by atoms with van der Waals surface area (Å²) in [4.78, 5) is 18.2. The molecule has 6 heteroatoms. The molecule has 0 bridgehead atoms. The van der Waals surface area contributed by atoms with Crippen molar-refractivity contribution in [1.29, 1.82) is 0 Å². The van der Waals surface area contributed by atoms with Crippen LogP contribution in [0, 0.1) is 29.9 Å². The fraction of sp³-hybridized carbons (Fsp3) is 0.435. The predicted octanol–water partition coefficient (Wildman–Crippen LogP) is 12.7. The summed E-state index contributed by atoms with van der Waals surface area (Å²) in [5.74, 6) is 0.916. The van der Waals surface area contributed by atoms with Gasteiger partial charge in [-0.15, -0.1) is 40.5 Å². The Hall–Kier alpha value is -3.31. The second-order valence-electron chi connectivity index (χ2n) is 16.0. The number of thiophene rings is 1. The van der Waals surface area contributed by atoms with E-state index in [9.17, 15) is 9.90 Å². The van der Waals surface area contributed by atoms with Gasteiger partial charge in [-0.3, -0.25) is 9.78 Å². The second-order valence-corrected chi connectivity index (χ2v) is 17.1. The molecule has 0 unspecified atom stereocenters. The number of aliphatic hydroxyl groups excluding tert-OH is 1. The minimum absolute atomic E-state index is 0. The summed E-state index contributed by atoms with van der Waals surface area (Å²) in [5.41, 5.74) is 6.35. The summed E-state index contributed by atoms with van der Waals surface area (Å²) in [5, 5.41) is 12.5. The molecule has 0 saturated carbocycles. The van der Waals surface area contributed by atoms with Gasteiger partial charge in [-0.1, -0.05) is 105 Å². The molecular weight excluding hydrogens is 837 g/mol. The van der Waals surface area contributed by atoms with Crippen molar-refractivity contribution < 1.29 is 34.6 Å². The number of rotatable bonds is 11. The molecule has 4 nitrogen and oxygen atoms in total. The number of nitrogens with zero attached hydrogens (tertiary/aromatic N) is 2. The zero-order valence-electron chi connectivity index (χ0n) is 33.2. The van der Waals surface area contributed by atoms with Gasteiger partial charge in [-0.05, 0) is 73.3 Å². The first-order valence-corrected chi connectivity index (χ1v) is 19.5. The van der Waals surface area contributed by atoms with Gasteiger partial charge in [0.1, 0.15) is 11.5 Å². The molecule has 5 aromatic rings. The monoisotopic (exact) mass is 896 g/mol. The molecule has 52 heavy (non-hydrogen) atoms. The number of ketones is 1. The van der Waals surface area contributed by atoms with Crippen molar-refractivity contribution in [3.63, 3.8) is 0 Å². The summed E-state index contributed by atoms with van der Waals surface area (Å²) < 4.78 is 3.21. The van der Waals surface area contributed by atoms with E-state index in [4.69, 9.17) is 0 Å². The number of hydrogen-bond donors (Lipinski definition) is 1. The minimum Gasteiger partial charge on any atom is -0.512 e. The van der Waals surface area contributed by atoms with Crippen LogP contribution in [0.1, 0.15) is 112 Å². The van der Waals surface area contributed by atoms with Gasteiger partial charge in [0.15, 0.2) is 5.78 Å². The van der Waals surface area contributed by atoms with E-state index in [1.165, 1.54) is 37.7 Å². The van der Waals surface area contributed by atoms with Crippen molar-refractivity contribution in [3.8, 4) is 22.4 Å². The molecule has 281 valence electrons. The number of fused-ring (bicyclic) bond motifs is 2. The molecule has 0 amide bonds.